The fraction of sp³-hybridized carbons (Fsp3) is 0.900. The molecule has 0 radical (unpaired) electrons. The molecule has 0 fully saturated rings. The fourth-order valence-corrected chi connectivity index (χ4v) is 0.822. The summed E-state index contributed by atoms with van der Waals surface area (Å²) in [6.07, 6.45) is 0. The van der Waals surface area contributed by atoms with Crippen LogP contribution in [0, 0.1) is 5.92 Å². The summed E-state index contributed by atoms with van der Waals surface area (Å²) in [6.45, 7) is 3.89. The molecule has 0 aromatic heterocycles. The van der Waals surface area contributed by atoms with Crippen molar-refractivity contribution in [1.82, 2.24) is 0 Å². The number of rotatable bonds is 6. The molecule has 0 saturated carbocycles. The third-order valence-corrected chi connectivity index (χ3v) is 2.25. The molecule has 1 atom stereocenters. The molecule has 0 spiro atoms. The second kappa shape index (κ2) is 10.2. The number of nitrogens with two attached hydrogens (primary N) is 1. The zero-order valence-electron chi connectivity index (χ0n) is 10.8. The number of hydrogen-bond donors (Lipinski definition) is 1. The summed E-state index contributed by atoms with van der Waals surface area (Å²) in [6, 6.07) is -0.592. The molecular formula is C10H24Br2FN2O2+. The van der Waals surface area contributed by atoms with Crippen molar-refractivity contribution in [1.29, 1.82) is 0 Å². The average Bonchev–Trinajstić information content (AvgIpc) is 2.16. The Kier molecular flexibility index (Phi) is 13.5. The van der Waals surface area contributed by atoms with Crippen LogP contribution in [0.3, 0.4) is 0 Å². The van der Waals surface area contributed by atoms with Gasteiger partial charge in [0.15, 0.2) is 0 Å². The van der Waals surface area contributed by atoms with Crippen molar-refractivity contribution in [3.05, 3.63) is 0 Å². The Morgan fingerprint density at radius 1 is 1.35 bits per heavy atom. The Labute approximate surface area is 124 Å². The summed E-state index contributed by atoms with van der Waals surface area (Å²) < 4.78 is 17.5. The summed E-state index contributed by atoms with van der Waals surface area (Å²) >= 11 is 0. The van der Waals surface area contributed by atoms with Gasteiger partial charge in [0.2, 0.25) is 6.80 Å². The lowest BCUT2D eigenvalue weighted by molar-refractivity contribution is -0.902. The highest BCUT2D eigenvalue weighted by atomic mass is 79.9. The van der Waals surface area contributed by atoms with E-state index in [1.807, 2.05) is 13.8 Å². The van der Waals surface area contributed by atoms with Crippen molar-refractivity contribution in [3.8, 4) is 0 Å². The molecule has 17 heavy (non-hydrogen) atoms. The molecule has 0 rings (SSSR count). The van der Waals surface area contributed by atoms with Crippen molar-refractivity contribution in [3.63, 3.8) is 0 Å². The van der Waals surface area contributed by atoms with Crippen LogP contribution in [0.1, 0.15) is 13.8 Å². The van der Waals surface area contributed by atoms with Crippen molar-refractivity contribution >= 4 is 39.9 Å². The van der Waals surface area contributed by atoms with Gasteiger partial charge < -0.3 is 10.5 Å². The van der Waals surface area contributed by atoms with Gasteiger partial charge in [0.1, 0.15) is 19.2 Å². The van der Waals surface area contributed by atoms with Crippen molar-refractivity contribution < 1.29 is 18.4 Å². The highest BCUT2D eigenvalue weighted by molar-refractivity contribution is 8.93. The van der Waals surface area contributed by atoms with Crippen LogP contribution in [-0.4, -0.2) is 50.5 Å². The number of carbonyl (C=O) groups excluding carboxylic acids is 1. The molecule has 7 heteroatoms. The van der Waals surface area contributed by atoms with E-state index in [2.05, 4.69) is 0 Å². The largest absolute Gasteiger partial charge is 0.459 e. The average molecular weight is 383 g/mol. The Morgan fingerprint density at radius 3 is 2.18 bits per heavy atom. The molecule has 106 valence electrons. The molecule has 0 amide bonds. The summed E-state index contributed by atoms with van der Waals surface area (Å²) in [7, 11) is 3.46. The van der Waals surface area contributed by atoms with Crippen LogP contribution in [0.2, 0.25) is 0 Å². The van der Waals surface area contributed by atoms with Gasteiger partial charge in [-0.05, 0) is 5.92 Å². The standard InChI is InChI=1S/C10H22FN2O2.2BrH/c1-8(2)9(12)10(14)15-6-5-13(3,4)7-11;;/h8-9H,5-7,12H2,1-4H3;2*1H/q+1;;. The van der Waals surface area contributed by atoms with Gasteiger partial charge in [0, 0.05) is 0 Å². The van der Waals surface area contributed by atoms with E-state index >= 15 is 0 Å². The normalized spacial score (nSPS) is 12.4. The zero-order valence-corrected chi connectivity index (χ0v) is 14.2. The van der Waals surface area contributed by atoms with Crippen molar-refractivity contribution in [2.75, 3.05) is 34.0 Å². The van der Waals surface area contributed by atoms with Crippen LogP contribution < -0.4 is 5.73 Å². The van der Waals surface area contributed by atoms with Gasteiger partial charge in [-0.15, -0.1) is 34.0 Å². The monoisotopic (exact) mass is 381 g/mol. The third kappa shape index (κ3) is 9.93. The number of ether oxygens (including phenoxy) is 1. The Bertz CT molecular complexity index is 216. The van der Waals surface area contributed by atoms with Gasteiger partial charge in [-0.2, -0.15) is 4.39 Å². The highest BCUT2D eigenvalue weighted by Crippen LogP contribution is 2.02. The summed E-state index contributed by atoms with van der Waals surface area (Å²) in [4.78, 5) is 11.3. The summed E-state index contributed by atoms with van der Waals surface area (Å²) in [5, 5.41) is 0. The van der Waals surface area contributed by atoms with Gasteiger partial charge in [-0.1, -0.05) is 13.8 Å². The van der Waals surface area contributed by atoms with Crippen LogP contribution in [0.25, 0.3) is 0 Å². The Morgan fingerprint density at radius 2 is 1.82 bits per heavy atom. The van der Waals surface area contributed by atoms with Crippen molar-refractivity contribution in [2.45, 2.75) is 19.9 Å². The predicted octanol–water partition coefficient (Wildman–Crippen LogP) is 1.67. The van der Waals surface area contributed by atoms with Crippen LogP contribution in [0.5, 0.6) is 0 Å². The second-order valence-electron chi connectivity index (χ2n) is 4.72. The number of halogens is 3. The molecule has 0 saturated heterocycles. The number of alkyl halides is 1. The molecule has 0 aliphatic rings. The lowest BCUT2D eigenvalue weighted by Gasteiger charge is -2.25. The molecular weight excluding hydrogens is 359 g/mol. The van der Waals surface area contributed by atoms with Gasteiger partial charge in [-0.25, -0.2) is 0 Å². The number of likely N-dealkylation sites (N-methyl/N-ethyl adjacent to an activating group) is 1. The molecule has 0 heterocycles. The summed E-state index contributed by atoms with van der Waals surface area (Å²) in [5.41, 5.74) is 5.59. The zero-order chi connectivity index (χ0) is 12.1. The smallest absolute Gasteiger partial charge is 0.323 e. The van der Waals surface area contributed by atoms with Gasteiger partial charge >= 0.3 is 5.97 Å². The van der Waals surface area contributed by atoms with Crippen LogP contribution in [0.4, 0.5) is 4.39 Å². The molecule has 0 aliphatic carbocycles. The first-order chi connectivity index (χ1) is 6.80. The molecule has 0 aromatic rings. The lowest BCUT2D eigenvalue weighted by Crippen LogP contribution is -2.43. The Hall–Kier alpha value is 0.280. The SMILES string of the molecule is Br.Br.CC(C)C(N)C(=O)OCC[N+](C)(C)CF. The first kappa shape index (κ1) is 22.5. The minimum atomic E-state index is -0.592. The number of hydrogen-bond acceptors (Lipinski definition) is 3. The minimum absolute atomic E-state index is 0. The quantitative estimate of drug-likeness (QED) is 0.432. The number of carbonyl (C=O) groups is 1. The lowest BCUT2D eigenvalue weighted by atomic mass is 10.1. The molecule has 0 aromatic carbocycles. The molecule has 2 N–H and O–H groups in total. The van der Waals surface area contributed by atoms with E-state index in [9.17, 15) is 9.18 Å². The highest BCUT2D eigenvalue weighted by Gasteiger charge is 2.20. The number of nitrogens with zero attached hydrogens (tertiary/aromatic N) is 1. The maximum atomic E-state index is 12.4. The van der Waals surface area contributed by atoms with E-state index in [0.717, 1.165) is 0 Å². The minimum Gasteiger partial charge on any atom is -0.459 e. The first-order valence-electron chi connectivity index (χ1n) is 5.10. The van der Waals surface area contributed by atoms with E-state index < -0.39 is 18.8 Å². The molecule has 4 nitrogen and oxygen atoms in total. The Balaban J connectivity index is -0.000000980. The molecule has 0 bridgehead atoms. The fourth-order valence-electron chi connectivity index (χ4n) is 0.822. The first-order valence-corrected chi connectivity index (χ1v) is 5.10. The van der Waals surface area contributed by atoms with E-state index in [4.69, 9.17) is 10.5 Å². The van der Waals surface area contributed by atoms with Gasteiger partial charge in [-0.3, -0.25) is 9.28 Å². The topological polar surface area (TPSA) is 52.3 Å². The maximum Gasteiger partial charge on any atom is 0.323 e. The second-order valence-corrected chi connectivity index (χ2v) is 4.72. The molecule has 0 aliphatic heterocycles. The van der Waals surface area contributed by atoms with Crippen molar-refractivity contribution in [2.24, 2.45) is 11.7 Å². The van der Waals surface area contributed by atoms with Crippen LogP contribution in [0.15, 0.2) is 0 Å². The summed E-state index contributed by atoms with van der Waals surface area (Å²) in [5.74, 6) is -0.356. The van der Waals surface area contributed by atoms with Gasteiger partial charge in [0.05, 0.1) is 14.1 Å². The van der Waals surface area contributed by atoms with Gasteiger partial charge in [0.25, 0.3) is 0 Å². The van der Waals surface area contributed by atoms with E-state index in [0.29, 0.717) is 6.54 Å². The molecule has 1 unspecified atom stereocenters. The maximum absolute atomic E-state index is 12.4. The van der Waals surface area contributed by atoms with E-state index in [1.54, 1.807) is 14.1 Å². The predicted molar refractivity (Wildman–Crippen MR) is 77.4 cm³/mol. The van der Waals surface area contributed by atoms with E-state index in [1.165, 1.54) is 0 Å². The van der Waals surface area contributed by atoms with Crippen LogP contribution >= 0.6 is 34.0 Å². The third-order valence-electron chi connectivity index (χ3n) is 2.25. The van der Waals surface area contributed by atoms with Crippen LogP contribution in [-0.2, 0) is 9.53 Å². The van der Waals surface area contributed by atoms with E-state index in [-0.39, 0.29) is 51.0 Å². The number of esters is 1. The number of quaternary nitrogens is 1.